The topological polar surface area (TPSA) is 21.3 Å². The molecule has 118 valence electrons. The number of hydrogen-bond donors (Lipinski definition) is 1. The van der Waals surface area contributed by atoms with Gasteiger partial charge in [0.2, 0.25) is 0 Å². The normalized spacial score (nSPS) is 39.1. The minimum atomic E-state index is 0.109. The van der Waals surface area contributed by atoms with Crippen LogP contribution in [0.4, 0.5) is 0 Å². The van der Waals surface area contributed by atoms with Gasteiger partial charge in [-0.25, -0.2) is 0 Å². The zero-order valence-corrected chi connectivity index (χ0v) is 14.1. The van der Waals surface area contributed by atoms with E-state index in [4.69, 9.17) is 4.74 Å². The zero-order valence-electron chi connectivity index (χ0n) is 14.1. The molecule has 0 aromatic rings. The van der Waals surface area contributed by atoms with Gasteiger partial charge in [-0.15, -0.1) is 0 Å². The van der Waals surface area contributed by atoms with Gasteiger partial charge >= 0.3 is 0 Å². The van der Waals surface area contributed by atoms with Crippen molar-refractivity contribution < 1.29 is 4.74 Å². The molecular formula is C18H35NO. The fraction of sp³-hybridized carbons (Fsp3) is 1.00. The molecule has 0 saturated heterocycles. The van der Waals surface area contributed by atoms with Crippen LogP contribution in [0.1, 0.15) is 79.1 Å². The highest BCUT2D eigenvalue weighted by molar-refractivity contribution is 4.91. The lowest BCUT2D eigenvalue weighted by molar-refractivity contribution is -0.145. The summed E-state index contributed by atoms with van der Waals surface area (Å²) < 4.78 is 6.79. The fourth-order valence-electron chi connectivity index (χ4n) is 4.09. The van der Waals surface area contributed by atoms with Gasteiger partial charge in [-0.1, -0.05) is 53.4 Å². The van der Waals surface area contributed by atoms with Crippen LogP contribution in [-0.2, 0) is 4.74 Å². The van der Waals surface area contributed by atoms with Gasteiger partial charge in [0.25, 0.3) is 0 Å². The summed E-state index contributed by atoms with van der Waals surface area (Å²) in [4.78, 5) is 0. The van der Waals surface area contributed by atoms with Crippen LogP contribution in [0.5, 0.6) is 0 Å². The van der Waals surface area contributed by atoms with Crippen LogP contribution < -0.4 is 5.32 Å². The summed E-state index contributed by atoms with van der Waals surface area (Å²) in [5.41, 5.74) is 0.109. The number of nitrogens with one attached hydrogen (secondary N) is 1. The molecule has 2 fully saturated rings. The lowest BCUT2D eigenvalue weighted by atomic mass is 9.77. The molecule has 2 aliphatic carbocycles. The van der Waals surface area contributed by atoms with Crippen molar-refractivity contribution in [2.24, 2.45) is 11.8 Å². The van der Waals surface area contributed by atoms with Gasteiger partial charge in [0.1, 0.15) is 0 Å². The first-order valence-electron chi connectivity index (χ1n) is 8.92. The molecule has 2 rings (SSSR count). The highest BCUT2D eigenvalue weighted by atomic mass is 16.5. The second-order valence-corrected chi connectivity index (χ2v) is 7.84. The van der Waals surface area contributed by atoms with E-state index in [1.807, 2.05) is 0 Å². The van der Waals surface area contributed by atoms with E-state index in [0.29, 0.717) is 12.1 Å². The van der Waals surface area contributed by atoms with Crippen LogP contribution in [0.25, 0.3) is 0 Å². The Morgan fingerprint density at radius 2 is 1.85 bits per heavy atom. The zero-order chi connectivity index (χ0) is 14.6. The second kappa shape index (κ2) is 7.26. The van der Waals surface area contributed by atoms with Gasteiger partial charge < -0.3 is 10.1 Å². The first-order chi connectivity index (χ1) is 9.51. The van der Waals surface area contributed by atoms with E-state index >= 15 is 0 Å². The van der Waals surface area contributed by atoms with E-state index in [1.54, 1.807) is 0 Å². The third-order valence-corrected chi connectivity index (χ3v) is 5.32. The summed E-state index contributed by atoms with van der Waals surface area (Å²) in [6.45, 7) is 10.3. The minimum Gasteiger partial charge on any atom is -0.370 e. The van der Waals surface area contributed by atoms with E-state index in [2.05, 4.69) is 33.0 Å². The van der Waals surface area contributed by atoms with E-state index < -0.39 is 0 Å². The number of ether oxygens (including phenoxy) is 1. The first kappa shape index (κ1) is 16.3. The van der Waals surface area contributed by atoms with E-state index in [0.717, 1.165) is 18.4 Å². The summed E-state index contributed by atoms with van der Waals surface area (Å²) in [5, 5.41) is 3.66. The van der Waals surface area contributed by atoms with Crippen molar-refractivity contribution in [3.8, 4) is 0 Å². The molecule has 0 radical (unpaired) electrons. The van der Waals surface area contributed by atoms with Gasteiger partial charge in [0.15, 0.2) is 0 Å². The monoisotopic (exact) mass is 281 g/mol. The molecule has 0 spiro atoms. The summed E-state index contributed by atoms with van der Waals surface area (Å²) in [6.07, 6.45) is 11.1. The van der Waals surface area contributed by atoms with Crippen LogP contribution in [0, 0.1) is 11.8 Å². The second-order valence-electron chi connectivity index (χ2n) is 7.84. The third-order valence-electron chi connectivity index (χ3n) is 5.32. The number of rotatable bonds is 5. The van der Waals surface area contributed by atoms with Crippen molar-refractivity contribution in [1.29, 1.82) is 0 Å². The summed E-state index contributed by atoms with van der Waals surface area (Å²) in [6, 6.07) is 0.552. The molecule has 0 bridgehead atoms. The van der Waals surface area contributed by atoms with Crippen molar-refractivity contribution in [1.82, 2.24) is 5.32 Å². The summed E-state index contributed by atoms with van der Waals surface area (Å²) >= 11 is 0. The van der Waals surface area contributed by atoms with Crippen LogP contribution in [0.3, 0.4) is 0 Å². The van der Waals surface area contributed by atoms with Crippen LogP contribution in [0.2, 0.25) is 0 Å². The van der Waals surface area contributed by atoms with E-state index in [9.17, 15) is 0 Å². The third kappa shape index (κ3) is 4.46. The molecular weight excluding hydrogens is 246 g/mol. The summed E-state index contributed by atoms with van der Waals surface area (Å²) in [7, 11) is 0. The molecule has 2 saturated carbocycles. The largest absolute Gasteiger partial charge is 0.370 e. The molecule has 0 aromatic heterocycles. The maximum absolute atomic E-state index is 6.79. The molecule has 2 aliphatic rings. The molecule has 1 N–H and O–H groups in total. The minimum absolute atomic E-state index is 0.109. The SMILES string of the molecule is CC1CCCC(CNC(C)C)(OC2CCCCC2C)C1. The Morgan fingerprint density at radius 1 is 1.10 bits per heavy atom. The molecule has 4 atom stereocenters. The quantitative estimate of drug-likeness (QED) is 0.799. The molecule has 4 unspecified atom stereocenters. The highest BCUT2D eigenvalue weighted by Gasteiger charge is 2.39. The van der Waals surface area contributed by atoms with Crippen LogP contribution in [-0.4, -0.2) is 24.3 Å². The van der Waals surface area contributed by atoms with Gasteiger partial charge in [0.05, 0.1) is 11.7 Å². The molecule has 20 heavy (non-hydrogen) atoms. The molecule has 0 heterocycles. The first-order valence-corrected chi connectivity index (χ1v) is 8.92. The predicted octanol–water partition coefficient (Wildman–Crippen LogP) is 4.53. The van der Waals surface area contributed by atoms with Crippen molar-refractivity contribution in [2.75, 3.05) is 6.54 Å². The maximum atomic E-state index is 6.79. The van der Waals surface area contributed by atoms with Gasteiger partial charge in [-0.2, -0.15) is 0 Å². The predicted molar refractivity (Wildman–Crippen MR) is 86.0 cm³/mol. The molecule has 0 aliphatic heterocycles. The molecule has 2 heteroatoms. The van der Waals surface area contributed by atoms with Crippen molar-refractivity contribution >= 4 is 0 Å². The molecule has 0 aromatic carbocycles. The van der Waals surface area contributed by atoms with Crippen LogP contribution in [0.15, 0.2) is 0 Å². The van der Waals surface area contributed by atoms with Gasteiger partial charge in [0, 0.05) is 12.6 Å². The maximum Gasteiger partial charge on any atom is 0.0812 e. The van der Waals surface area contributed by atoms with Crippen molar-refractivity contribution in [3.05, 3.63) is 0 Å². The van der Waals surface area contributed by atoms with E-state index in [-0.39, 0.29) is 5.60 Å². The van der Waals surface area contributed by atoms with Crippen LogP contribution >= 0.6 is 0 Å². The van der Waals surface area contributed by atoms with Crippen molar-refractivity contribution in [3.63, 3.8) is 0 Å². The Hall–Kier alpha value is -0.0800. The van der Waals surface area contributed by atoms with Crippen molar-refractivity contribution in [2.45, 2.75) is 96.8 Å². The average molecular weight is 281 g/mol. The Bertz CT molecular complexity index is 291. The average Bonchev–Trinajstić information content (AvgIpc) is 2.39. The Balaban J connectivity index is 2.01. The lowest BCUT2D eigenvalue weighted by Gasteiger charge is -2.45. The van der Waals surface area contributed by atoms with Gasteiger partial charge in [-0.05, 0) is 37.5 Å². The Labute approximate surface area is 126 Å². The fourth-order valence-corrected chi connectivity index (χ4v) is 4.09. The number of hydrogen-bond acceptors (Lipinski definition) is 2. The molecule has 2 nitrogen and oxygen atoms in total. The van der Waals surface area contributed by atoms with E-state index in [1.165, 1.54) is 51.4 Å². The smallest absolute Gasteiger partial charge is 0.0812 e. The Kier molecular flexibility index (Phi) is 5.92. The molecule has 0 amide bonds. The highest BCUT2D eigenvalue weighted by Crippen LogP contribution is 2.39. The lowest BCUT2D eigenvalue weighted by Crippen LogP contribution is -2.51. The standard InChI is InChI=1S/C18H35NO/c1-14(2)19-13-18(11-7-8-15(3)12-18)20-17-10-6-5-9-16(17)4/h14-17,19H,5-13H2,1-4H3. The summed E-state index contributed by atoms with van der Waals surface area (Å²) in [5.74, 6) is 1.56. The Morgan fingerprint density at radius 3 is 2.50 bits per heavy atom. The van der Waals surface area contributed by atoms with Gasteiger partial charge in [-0.3, -0.25) is 0 Å².